The van der Waals surface area contributed by atoms with Gasteiger partial charge in [0.1, 0.15) is 0 Å². The lowest BCUT2D eigenvalue weighted by molar-refractivity contribution is 1.20. The molecule has 0 fully saturated rings. The molecule has 0 saturated carbocycles. The molecule has 0 heterocycles. The van der Waals surface area contributed by atoms with E-state index in [1.165, 1.54) is 54.9 Å². The molecule has 0 saturated heterocycles. The van der Waals surface area contributed by atoms with E-state index in [0.29, 0.717) is 0 Å². The molecule has 0 bridgehead atoms. The monoisotopic (exact) mass is 294 g/mol. The molecule has 0 radical (unpaired) electrons. The van der Waals surface area contributed by atoms with Crippen molar-refractivity contribution in [3.8, 4) is 11.1 Å². The van der Waals surface area contributed by atoms with Crippen molar-refractivity contribution in [1.29, 1.82) is 0 Å². The number of fused-ring (bicyclic) bond motifs is 7. The fourth-order valence-corrected chi connectivity index (χ4v) is 4.12. The molecule has 110 valence electrons. The van der Waals surface area contributed by atoms with Crippen molar-refractivity contribution < 1.29 is 0 Å². The Balaban J connectivity index is 1.87. The molecular weight excluding hydrogens is 276 g/mol. The van der Waals surface area contributed by atoms with E-state index < -0.39 is 0 Å². The highest BCUT2D eigenvalue weighted by Crippen LogP contribution is 2.43. The molecular formula is C23H18. The van der Waals surface area contributed by atoms with Crippen LogP contribution in [0, 0.1) is 13.8 Å². The molecule has 23 heavy (non-hydrogen) atoms. The van der Waals surface area contributed by atoms with E-state index in [9.17, 15) is 0 Å². The quantitative estimate of drug-likeness (QED) is 0.299. The summed E-state index contributed by atoms with van der Waals surface area (Å²) in [7, 11) is 0. The third-order valence-corrected chi connectivity index (χ3v) is 5.55. The van der Waals surface area contributed by atoms with Gasteiger partial charge in [0.25, 0.3) is 0 Å². The van der Waals surface area contributed by atoms with Crippen LogP contribution in [-0.4, -0.2) is 0 Å². The van der Waals surface area contributed by atoms with E-state index in [2.05, 4.69) is 74.5 Å². The fourth-order valence-electron chi connectivity index (χ4n) is 4.12. The second-order valence-corrected chi connectivity index (χ2v) is 6.68. The van der Waals surface area contributed by atoms with Gasteiger partial charge in [-0.2, -0.15) is 0 Å². The first kappa shape index (κ1) is 12.9. The van der Waals surface area contributed by atoms with Crippen LogP contribution in [0.1, 0.15) is 22.3 Å². The summed E-state index contributed by atoms with van der Waals surface area (Å²) in [5, 5.41) is 5.47. The van der Waals surface area contributed by atoms with Crippen molar-refractivity contribution in [1.82, 2.24) is 0 Å². The molecule has 4 aromatic rings. The van der Waals surface area contributed by atoms with Crippen molar-refractivity contribution in [2.45, 2.75) is 20.3 Å². The minimum Gasteiger partial charge on any atom is -0.0616 e. The van der Waals surface area contributed by atoms with Crippen LogP contribution in [0.2, 0.25) is 0 Å². The van der Waals surface area contributed by atoms with Crippen LogP contribution < -0.4 is 0 Å². The predicted molar refractivity (Wildman–Crippen MR) is 99.2 cm³/mol. The van der Waals surface area contributed by atoms with Gasteiger partial charge >= 0.3 is 0 Å². The lowest BCUT2D eigenvalue weighted by atomic mass is 9.95. The highest BCUT2D eigenvalue weighted by Gasteiger charge is 2.22. The van der Waals surface area contributed by atoms with Gasteiger partial charge in [0.2, 0.25) is 0 Å². The minimum absolute atomic E-state index is 1.06. The smallest absolute Gasteiger partial charge is 0.000455 e. The molecule has 5 rings (SSSR count). The van der Waals surface area contributed by atoms with Gasteiger partial charge < -0.3 is 0 Å². The zero-order valence-electron chi connectivity index (χ0n) is 13.5. The Labute approximate surface area is 136 Å². The first-order valence-electron chi connectivity index (χ1n) is 8.27. The molecule has 1 aliphatic carbocycles. The molecule has 0 spiro atoms. The van der Waals surface area contributed by atoms with Crippen molar-refractivity contribution in [2.24, 2.45) is 0 Å². The molecule has 0 N–H and O–H groups in total. The summed E-state index contributed by atoms with van der Waals surface area (Å²) < 4.78 is 0. The predicted octanol–water partition coefficient (Wildman–Crippen LogP) is 6.18. The minimum atomic E-state index is 1.06. The normalized spacial score (nSPS) is 12.6. The lowest BCUT2D eigenvalue weighted by Gasteiger charge is -2.09. The lowest BCUT2D eigenvalue weighted by Crippen LogP contribution is -1.90. The van der Waals surface area contributed by atoms with E-state index in [-0.39, 0.29) is 0 Å². The van der Waals surface area contributed by atoms with Gasteiger partial charge in [-0.1, -0.05) is 60.7 Å². The van der Waals surface area contributed by atoms with Crippen molar-refractivity contribution in [2.75, 3.05) is 0 Å². The number of hydrogen-bond donors (Lipinski definition) is 0. The second kappa shape index (κ2) is 4.45. The molecule has 1 aliphatic rings. The highest BCUT2D eigenvalue weighted by molar-refractivity contribution is 6.10. The van der Waals surface area contributed by atoms with Crippen molar-refractivity contribution >= 4 is 21.5 Å². The molecule has 0 aromatic heterocycles. The van der Waals surface area contributed by atoms with Gasteiger partial charge in [0.15, 0.2) is 0 Å². The van der Waals surface area contributed by atoms with Gasteiger partial charge in [-0.25, -0.2) is 0 Å². The Morgan fingerprint density at radius 1 is 0.609 bits per heavy atom. The van der Waals surface area contributed by atoms with E-state index in [1.54, 1.807) is 0 Å². The van der Waals surface area contributed by atoms with E-state index in [0.717, 1.165) is 6.42 Å². The summed E-state index contributed by atoms with van der Waals surface area (Å²) in [4.78, 5) is 0. The Kier molecular flexibility index (Phi) is 2.50. The number of aryl methyl sites for hydroxylation is 1. The number of rotatable bonds is 0. The topological polar surface area (TPSA) is 0 Å². The van der Waals surface area contributed by atoms with Gasteiger partial charge in [0, 0.05) is 0 Å². The van der Waals surface area contributed by atoms with Crippen molar-refractivity contribution in [3.63, 3.8) is 0 Å². The van der Waals surface area contributed by atoms with Crippen LogP contribution in [0.15, 0.2) is 60.7 Å². The molecule has 0 aliphatic heterocycles. The third kappa shape index (κ3) is 1.66. The fraction of sp³-hybridized carbons (Fsp3) is 0.130. The first-order chi connectivity index (χ1) is 11.2. The van der Waals surface area contributed by atoms with Crippen LogP contribution in [0.5, 0.6) is 0 Å². The Morgan fingerprint density at radius 2 is 1.35 bits per heavy atom. The molecule has 0 amide bonds. The maximum absolute atomic E-state index is 2.32. The zero-order valence-corrected chi connectivity index (χ0v) is 13.5. The first-order valence-corrected chi connectivity index (χ1v) is 8.27. The van der Waals surface area contributed by atoms with E-state index in [4.69, 9.17) is 0 Å². The summed E-state index contributed by atoms with van der Waals surface area (Å²) in [6.07, 6.45) is 1.06. The Bertz CT molecular complexity index is 1100. The van der Waals surface area contributed by atoms with Crippen LogP contribution in [0.3, 0.4) is 0 Å². The SMILES string of the molecule is Cc1ccc2c(c1C)Cc1c-2ccc2c1ccc1ccccc12. The second-order valence-electron chi connectivity index (χ2n) is 6.68. The van der Waals surface area contributed by atoms with Crippen LogP contribution in [0.4, 0.5) is 0 Å². The average molecular weight is 294 g/mol. The van der Waals surface area contributed by atoms with Gasteiger partial charge in [-0.05, 0) is 75.2 Å². The van der Waals surface area contributed by atoms with E-state index >= 15 is 0 Å². The summed E-state index contributed by atoms with van der Waals surface area (Å²) in [5.74, 6) is 0. The summed E-state index contributed by atoms with van der Waals surface area (Å²) in [6, 6.07) is 22.5. The molecule has 0 heteroatoms. The zero-order chi connectivity index (χ0) is 15.6. The Morgan fingerprint density at radius 3 is 2.26 bits per heavy atom. The van der Waals surface area contributed by atoms with Crippen LogP contribution in [0.25, 0.3) is 32.7 Å². The third-order valence-electron chi connectivity index (χ3n) is 5.55. The Hall–Kier alpha value is -2.60. The highest BCUT2D eigenvalue weighted by atomic mass is 14.3. The summed E-state index contributed by atoms with van der Waals surface area (Å²) in [6.45, 7) is 4.47. The van der Waals surface area contributed by atoms with Crippen LogP contribution >= 0.6 is 0 Å². The molecule has 0 atom stereocenters. The maximum Gasteiger partial charge on any atom is -0.000455 e. The van der Waals surface area contributed by atoms with Gasteiger partial charge in [0.05, 0.1) is 0 Å². The number of hydrogen-bond acceptors (Lipinski definition) is 0. The van der Waals surface area contributed by atoms with E-state index in [1.807, 2.05) is 0 Å². The molecule has 0 unspecified atom stereocenters. The average Bonchev–Trinajstić information content (AvgIpc) is 2.97. The summed E-state index contributed by atoms with van der Waals surface area (Å²) in [5.41, 5.74) is 8.71. The van der Waals surface area contributed by atoms with Crippen molar-refractivity contribution in [3.05, 3.63) is 82.9 Å². The van der Waals surface area contributed by atoms with Gasteiger partial charge in [-0.3, -0.25) is 0 Å². The molecule has 4 aromatic carbocycles. The van der Waals surface area contributed by atoms with Crippen LogP contribution in [-0.2, 0) is 6.42 Å². The summed E-state index contributed by atoms with van der Waals surface area (Å²) >= 11 is 0. The number of benzene rings is 4. The standard InChI is InChI=1S/C23H18/c1-14-7-9-19-21-12-11-18-17-6-4-3-5-16(17)8-10-20(18)23(21)13-22(19)15(14)2/h3-12H,13H2,1-2H3. The maximum atomic E-state index is 2.32. The molecule has 0 nitrogen and oxygen atoms in total. The van der Waals surface area contributed by atoms with Gasteiger partial charge in [-0.15, -0.1) is 0 Å². The largest absolute Gasteiger partial charge is 0.0616 e.